The molecule has 0 amide bonds. The Hall–Kier alpha value is -3.15. The number of hydrogen-bond acceptors (Lipinski definition) is 10. The monoisotopic (exact) mass is 432 g/mol. The van der Waals surface area contributed by atoms with Gasteiger partial charge in [-0.3, -0.25) is 4.79 Å². The van der Waals surface area contributed by atoms with E-state index >= 15 is 0 Å². The smallest absolute Gasteiger partial charge is 0.229 e. The molecule has 4 rings (SSSR count). The predicted octanol–water partition coefficient (Wildman–Crippen LogP) is 0.0499. The summed E-state index contributed by atoms with van der Waals surface area (Å²) in [5.41, 5.74) is 0.130. The van der Waals surface area contributed by atoms with Gasteiger partial charge in [-0.05, 0) is 29.8 Å². The van der Waals surface area contributed by atoms with E-state index in [-0.39, 0.29) is 28.0 Å². The van der Waals surface area contributed by atoms with E-state index in [0.717, 1.165) is 6.26 Å². The van der Waals surface area contributed by atoms with E-state index in [9.17, 15) is 35.4 Å². The molecule has 1 aromatic heterocycles. The molecule has 6 N–H and O–H groups in total. The molecule has 31 heavy (non-hydrogen) atoms. The molecule has 0 spiro atoms. The van der Waals surface area contributed by atoms with Crippen molar-refractivity contribution in [1.29, 1.82) is 0 Å². The van der Waals surface area contributed by atoms with Crippen LogP contribution >= 0.6 is 0 Å². The first-order valence-corrected chi connectivity index (χ1v) is 9.36. The summed E-state index contributed by atoms with van der Waals surface area (Å²) in [4.78, 5) is 13.0. The summed E-state index contributed by atoms with van der Waals surface area (Å²) in [6.45, 7) is -0.655. The van der Waals surface area contributed by atoms with Crippen LogP contribution in [0, 0.1) is 0 Å². The molecule has 1 fully saturated rings. The number of ether oxygens (including phenoxy) is 2. The van der Waals surface area contributed by atoms with E-state index < -0.39 is 48.5 Å². The van der Waals surface area contributed by atoms with E-state index in [1.54, 1.807) is 12.1 Å². The fraction of sp³-hybridized carbons (Fsp3) is 0.286. The number of fused-ring (bicyclic) bond motifs is 1. The van der Waals surface area contributed by atoms with Gasteiger partial charge in [-0.2, -0.15) is 0 Å². The molecule has 2 aromatic carbocycles. The number of aliphatic hydroxyl groups excluding tert-OH is 4. The van der Waals surface area contributed by atoms with E-state index in [4.69, 9.17) is 13.9 Å². The van der Waals surface area contributed by atoms with Gasteiger partial charge in [-0.15, -0.1) is 0 Å². The lowest BCUT2D eigenvalue weighted by molar-refractivity contribution is -0.277. The zero-order valence-corrected chi connectivity index (χ0v) is 16.0. The van der Waals surface area contributed by atoms with E-state index in [1.165, 1.54) is 24.3 Å². The Morgan fingerprint density at radius 2 is 1.65 bits per heavy atom. The second-order valence-electron chi connectivity index (χ2n) is 7.13. The average molecular weight is 432 g/mol. The molecule has 164 valence electrons. The Morgan fingerprint density at radius 1 is 0.935 bits per heavy atom. The van der Waals surface area contributed by atoms with Crippen molar-refractivity contribution in [3.63, 3.8) is 0 Å². The molecule has 1 saturated heterocycles. The average Bonchev–Trinajstić information content (AvgIpc) is 2.76. The van der Waals surface area contributed by atoms with Crippen LogP contribution in [0.2, 0.25) is 0 Å². The van der Waals surface area contributed by atoms with Crippen molar-refractivity contribution >= 4 is 11.0 Å². The first-order valence-electron chi connectivity index (χ1n) is 9.36. The van der Waals surface area contributed by atoms with Gasteiger partial charge in [0.1, 0.15) is 36.4 Å². The van der Waals surface area contributed by atoms with Crippen LogP contribution in [0.15, 0.2) is 51.9 Å². The highest BCUT2D eigenvalue weighted by atomic mass is 16.7. The molecule has 1 aliphatic rings. The number of aliphatic hydroxyl groups is 4. The number of hydrogen-bond donors (Lipinski definition) is 6. The fourth-order valence-electron chi connectivity index (χ4n) is 3.40. The van der Waals surface area contributed by atoms with Gasteiger partial charge in [0.2, 0.25) is 17.5 Å². The normalized spacial score (nSPS) is 26.1. The lowest BCUT2D eigenvalue weighted by Gasteiger charge is -2.39. The summed E-state index contributed by atoms with van der Waals surface area (Å²) in [6, 6.07) is 8.45. The quantitative estimate of drug-likeness (QED) is 0.331. The summed E-state index contributed by atoms with van der Waals surface area (Å²) < 4.78 is 16.3. The second-order valence-corrected chi connectivity index (χ2v) is 7.13. The number of phenolic OH excluding ortho intramolecular Hbond substituents is 2. The number of phenols is 2. The molecular formula is C21H20O10. The minimum absolute atomic E-state index is 0.0362. The van der Waals surface area contributed by atoms with Gasteiger partial charge in [0, 0.05) is 0 Å². The van der Waals surface area contributed by atoms with E-state index in [1.807, 2.05) is 0 Å². The maximum Gasteiger partial charge on any atom is 0.229 e. The Balaban J connectivity index is 1.75. The Morgan fingerprint density at radius 3 is 2.32 bits per heavy atom. The highest BCUT2D eigenvalue weighted by Crippen LogP contribution is 2.37. The maximum atomic E-state index is 13.0. The Kier molecular flexibility index (Phi) is 5.56. The molecule has 1 aliphatic heterocycles. The van der Waals surface area contributed by atoms with Gasteiger partial charge in [-0.25, -0.2) is 0 Å². The molecule has 10 heteroatoms. The third kappa shape index (κ3) is 3.71. The van der Waals surface area contributed by atoms with Crippen LogP contribution in [0.5, 0.6) is 17.2 Å². The Labute approximate surface area is 174 Å². The van der Waals surface area contributed by atoms with Gasteiger partial charge in [0.05, 0.1) is 17.6 Å². The largest absolute Gasteiger partial charge is 0.508 e. The summed E-state index contributed by atoms with van der Waals surface area (Å²) in [6.07, 6.45) is -6.59. The van der Waals surface area contributed by atoms with Gasteiger partial charge < -0.3 is 44.5 Å². The van der Waals surface area contributed by atoms with E-state index in [2.05, 4.69) is 0 Å². The SMILES string of the molecule is O=c1c(-c2ccc(O)cc2)coc2c(O[C@@H]3O[C@@H](CO)[C@@H](O)[C@@H](O)[C@H]3O)c(O)ccc12. The number of rotatable bonds is 4. The summed E-state index contributed by atoms with van der Waals surface area (Å²) in [7, 11) is 0. The minimum Gasteiger partial charge on any atom is -0.508 e. The van der Waals surface area contributed by atoms with Crippen LogP contribution in [0.1, 0.15) is 0 Å². The Bertz CT molecular complexity index is 1140. The zero-order valence-electron chi connectivity index (χ0n) is 16.0. The number of benzene rings is 2. The van der Waals surface area contributed by atoms with Gasteiger partial charge >= 0.3 is 0 Å². The van der Waals surface area contributed by atoms with Gasteiger partial charge in [0.25, 0.3) is 0 Å². The highest BCUT2D eigenvalue weighted by Gasteiger charge is 2.45. The van der Waals surface area contributed by atoms with Crippen LogP contribution in [0.4, 0.5) is 0 Å². The van der Waals surface area contributed by atoms with Crippen molar-refractivity contribution in [3.05, 3.63) is 52.9 Å². The van der Waals surface area contributed by atoms with Gasteiger partial charge in [0.15, 0.2) is 11.3 Å². The van der Waals surface area contributed by atoms with Crippen LogP contribution in [0.3, 0.4) is 0 Å². The van der Waals surface area contributed by atoms with Crippen LogP contribution < -0.4 is 10.2 Å². The van der Waals surface area contributed by atoms with E-state index in [0.29, 0.717) is 5.56 Å². The minimum atomic E-state index is -1.71. The maximum absolute atomic E-state index is 13.0. The van der Waals surface area contributed by atoms with Crippen molar-refractivity contribution in [1.82, 2.24) is 0 Å². The molecule has 10 nitrogen and oxygen atoms in total. The third-order valence-electron chi connectivity index (χ3n) is 5.14. The van der Waals surface area contributed by atoms with Crippen molar-refractivity contribution < 1.29 is 44.5 Å². The zero-order chi connectivity index (χ0) is 22.3. The van der Waals surface area contributed by atoms with Crippen LogP contribution in [-0.4, -0.2) is 68.0 Å². The molecule has 5 atom stereocenters. The van der Waals surface area contributed by atoms with Crippen molar-refractivity contribution in [2.24, 2.45) is 0 Å². The first kappa shape index (κ1) is 21.1. The van der Waals surface area contributed by atoms with Crippen molar-refractivity contribution in [3.8, 4) is 28.4 Å². The molecule has 0 unspecified atom stereocenters. The molecule has 0 bridgehead atoms. The van der Waals surface area contributed by atoms with Crippen molar-refractivity contribution in [2.75, 3.05) is 6.61 Å². The van der Waals surface area contributed by atoms with Crippen molar-refractivity contribution in [2.45, 2.75) is 30.7 Å². The summed E-state index contributed by atoms with van der Waals surface area (Å²) in [5.74, 6) is -0.713. The summed E-state index contributed by atoms with van der Waals surface area (Å²) in [5, 5.41) is 59.1. The summed E-state index contributed by atoms with van der Waals surface area (Å²) >= 11 is 0. The molecule has 0 aliphatic carbocycles. The van der Waals surface area contributed by atoms with Gasteiger partial charge in [-0.1, -0.05) is 12.1 Å². The predicted molar refractivity (Wildman–Crippen MR) is 106 cm³/mol. The second kappa shape index (κ2) is 8.17. The highest BCUT2D eigenvalue weighted by molar-refractivity contribution is 5.88. The number of aromatic hydroxyl groups is 2. The lowest BCUT2D eigenvalue weighted by Crippen LogP contribution is -2.60. The molecule has 3 aromatic rings. The molecular weight excluding hydrogens is 412 g/mol. The topological polar surface area (TPSA) is 170 Å². The van der Waals surface area contributed by atoms with Crippen LogP contribution in [0.25, 0.3) is 22.1 Å². The molecule has 2 heterocycles. The fourth-order valence-corrected chi connectivity index (χ4v) is 3.40. The standard InChI is InChI=1S/C21H20O10/c22-7-14-16(26)17(27)18(28)21(30-14)31-20-13(24)6-5-11-15(25)12(8-29-19(11)20)9-1-3-10(23)4-2-9/h1-6,8,14,16-18,21-24,26-28H,7H2/t14-,16+,17+,18+,21-/m0/s1. The third-order valence-corrected chi connectivity index (χ3v) is 5.14. The molecule has 0 radical (unpaired) electrons. The van der Waals surface area contributed by atoms with Crippen LogP contribution in [-0.2, 0) is 4.74 Å². The first-order chi connectivity index (χ1) is 14.8. The lowest BCUT2D eigenvalue weighted by atomic mass is 9.99. The molecule has 0 saturated carbocycles.